The van der Waals surface area contributed by atoms with Gasteiger partial charge in [0.15, 0.2) is 5.65 Å². The maximum Gasteiger partial charge on any atom is 0.266 e. The van der Waals surface area contributed by atoms with Crippen LogP contribution in [0.25, 0.3) is 5.65 Å². The molecule has 0 fully saturated rings. The molecule has 0 aliphatic heterocycles. The fraction of sp³-hybridized carbons (Fsp3) is 0.143. The number of anilines is 1. The Balaban J connectivity index is 1.84. The van der Waals surface area contributed by atoms with E-state index in [2.05, 4.69) is 10.2 Å². The summed E-state index contributed by atoms with van der Waals surface area (Å²) in [6.07, 6.45) is 1.58. The van der Waals surface area contributed by atoms with E-state index in [0.29, 0.717) is 17.2 Å². The van der Waals surface area contributed by atoms with Crippen LogP contribution in [-0.2, 0) is 16.6 Å². The molecule has 0 atom stereocenters. The van der Waals surface area contributed by atoms with Gasteiger partial charge in [-0.3, -0.25) is 8.71 Å². The van der Waals surface area contributed by atoms with Crippen LogP contribution in [0.15, 0.2) is 77.8 Å². The van der Waals surface area contributed by atoms with Gasteiger partial charge in [0.1, 0.15) is 10.7 Å². The molecule has 6 nitrogen and oxygen atoms in total. The lowest BCUT2D eigenvalue weighted by Crippen LogP contribution is -2.31. The standard InChI is InChI=1S/C21H20N4O2S/c1-16-8-6-7-9-18(16)14-25(19-10-4-3-5-11-19)28(26,27)20-12-13-21-23-22-17(2)24(21)15-20/h3-13,15H,14H2,1-2H3. The molecule has 2 aromatic heterocycles. The Morgan fingerprint density at radius 1 is 0.893 bits per heavy atom. The van der Waals surface area contributed by atoms with E-state index in [1.54, 1.807) is 41.8 Å². The minimum Gasteiger partial charge on any atom is -0.285 e. The molecule has 0 aliphatic rings. The zero-order valence-corrected chi connectivity index (χ0v) is 16.5. The first-order valence-electron chi connectivity index (χ1n) is 8.90. The lowest BCUT2D eigenvalue weighted by Gasteiger charge is -2.25. The highest BCUT2D eigenvalue weighted by Crippen LogP contribution is 2.27. The van der Waals surface area contributed by atoms with Crippen molar-refractivity contribution in [3.63, 3.8) is 0 Å². The monoisotopic (exact) mass is 392 g/mol. The summed E-state index contributed by atoms with van der Waals surface area (Å²) in [5.41, 5.74) is 3.23. The molecule has 4 rings (SSSR count). The molecule has 7 heteroatoms. The number of fused-ring (bicyclic) bond motifs is 1. The molecule has 0 N–H and O–H groups in total. The van der Waals surface area contributed by atoms with Gasteiger partial charge in [-0.2, -0.15) is 0 Å². The molecule has 0 aliphatic carbocycles. The van der Waals surface area contributed by atoms with Crippen molar-refractivity contribution in [1.29, 1.82) is 0 Å². The number of pyridine rings is 1. The molecule has 0 unspecified atom stereocenters. The van der Waals surface area contributed by atoms with Crippen LogP contribution >= 0.6 is 0 Å². The molecule has 2 aromatic carbocycles. The smallest absolute Gasteiger partial charge is 0.266 e. The number of benzene rings is 2. The third-order valence-corrected chi connectivity index (χ3v) is 6.51. The van der Waals surface area contributed by atoms with Gasteiger partial charge in [0, 0.05) is 6.20 Å². The Morgan fingerprint density at radius 3 is 2.36 bits per heavy atom. The number of hydrogen-bond acceptors (Lipinski definition) is 4. The average molecular weight is 392 g/mol. The van der Waals surface area contributed by atoms with Crippen LogP contribution in [0.4, 0.5) is 5.69 Å². The van der Waals surface area contributed by atoms with Crippen LogP contribution in [0, 0.1) is 13.8 Å². The number of sulfonamides is 1. The van der Waals surface area contributed by atoms with E-state index < -0.39 is 10.0 Å². The summed E-state index contributed by atoms with van der Waals surface area (Å²) in [6.45, 7) is 4.02. The zero-order chi connectivity index (χ0) is 19.7. The Hall–Kier alpha value is -3.19. The van der Waals surface area contributed by atoms with Gasteiger partial charge in [0.25, 0.3) is 10.0 Å². The Bertz CT molecular complexity index is 1230. The molecule has 0 saturated heterocycles. The van der Waals surface area contributed by atoms with Crippen LogP contribution in [-0.4, -0.2) is 23.0 Å². The maximum atomic E-state index is 13.6. The van der Waals surface area contributed by atoms with Gasteiger partial charge in [-0.25, -0.2) is 8.42 Å². The number of aryl methyl sites for hydroxylation is 2. The second-order valence-corrected chi connectivity index (χ2v) is 8.48. The fourth-order valence-electron chi connectivity index (χ4n) is 3.12. The van der Waals surface area contributed by atoms with E-state index in [-0.39, 0.29) is 11.4 Å². The summed E-state index contributed by atoms with van der Waals surface area (Å²) in [4.78, 5) is 0.195. The highest BCUT2D eigenvalue weighted by atomic mass is 32.2. The lowest BCUT2D eigenvalue weighted by molar-refractivity contribution is 0.589. The second-order valence-electron chi connectivity index (χ2n) is 6.61. The highest BCUT2D eigenvalue weighted by molar-refractivity contribution is 7.92. The summed E-state index contributed by atoms with van der Waals surface area (Å²) >= 11 is 0. The Morgan fingerprint density at radius 2 is 1.61 bits per heavy atom. The third kappa shape index (κ3) is 3.25. The van der Waals surface area contributed by atoms with Gasteiger partial charge in [0.2, 0.25) is 0 Å². The number of rotatable bonds is 5. The molecular weight excluding hydrogens is 372 g/mol. The quantitative estimate of drug-likeness (QED) is 0.519. The van der Waals surface area contributed by atoms with E-state index in [9.17, 15) is 8.42 Å². The van der Waals surface area contributed by atoms with Gasteiger partial charge in [-0.1, -0.05) is 42.5 Å². The van der Waals surface area contributed by atoms with Gasteiger partial charge in [0.05, 0.1) is 12.2 Å². The molecule has 4 aromatic rings. The van der Waals surface area contributed by atoms with E-state index in [1.165, 1.54) is 4.31 Å². The maximum absolute atomic E-state index is 13.6. The van der Waals surface area contributed by atoms with Crippen molar-refractivity contribution in [3.8, 4) is 0 Å². The van der Waals surface area contributed by atoms with Gasteiger partial charge >= 0.3 is 0 Å². The van der Waals surface area contributed by atoms with Crippen molar-refractivity contribution in [2.24, 2.45) is 0 Å². The van der Waals surface area contributed by atoms with E-state index >= 15 is 0 Å². The summed E-state index contributed by atoms with van der Waals surface area (Å²) < 4.78 is 30.3. The zero-order valence-electron chi connectivity index (χ0n) is 15.6. The average Bonchev–Trinajstić information content (AvgIpc) is 3.08. The molecule has 0 radical (unpaired) electrons. The molecule has 0 spiro atoms. The van der Waals surface area contributed by atoms with Crippen LogP contribution in [0.1, 0.15) is 17.0 Å². The van der Waals surface area contributed by atoms with Crippen LogP contribution < -0.4 is 4.31 Å². The van der Waals surface area contributed by atoms with E-state index in [0.717, 1.165) is 11.1 Å². The first-order chi connectivity index (χ1) is 13.5. The van der Waals surface area contributed by atoms with Crippen LogP contribution in [0.2, 0.25) is 0 Å². The molecule has 2 heterocycles. The molecule has 0 bridgehead atoms. The van der Waals surface area contributed by atoms with Gasteiger partial charge < -0.3 is 0 Å². The Labute approximate surface area is 164 Å². The molecular formula is C21H20N4O2S. The summed E-state index contributed by atoms with van der Waals surface area (Å²) in [6, 6.07) is 20.2. The van der Waals surface area contributed by atoms with Crippen molar-refractivity contribution < 1.29 is 8.42 Å². The molecule has 142 valence electrons. The first-order valence-corrected chi connectivity index (χ1v) is 10.3. The molecule has 28 heavy (non-hydrogen) atoms. The van der Waals surface area contributed by atoms with E-state index in [1.807, 2.05) is 49.4 Å². The highest BCUT2D eigenvalue weighted by Gasteiger charge is 2.26. The third-order valence-electron chi connectivity index (χ3n) is 4.75. The Kier molecular flexibility index (Phi) is 4.60. The number of hydrogen-bond donors (Lipinski definition) is 0. The van der Waals surface area contributed by atoms with E-state index in [4.69, 9.17) is 0 Å². The summed E-state index contributed by atoms with van der Waals surface area (Å²) in [5.74, 6) is 0.636. The topological polar surface area (TPSA) is 67.6 Å². The minimum absolute atomic E-state index is 0.195. The largest absolute Gasteiger partial charge is 0.285 e. The minimum atomic E-state index is -3.80. The normalized spacial score (nSPS) is 11.6. The van der Waals surface area contributed by atoms with Crippen molar-refractivity contribution in [2.75, 3.05) is 4.31 Å². The molecule has 0 amide bonds. The molecule has 0 saturated carbocycles. The number of para-hydroxylation sites is 1. The summed E-state index contributed by atoms with van der Waals surface area (Å²) in [7, 11) is -3.80. The summed E-state index contributed by atoms with van der Waals surface area (Å²) in [5, 5.41) is 8.03. The van der Waals surface area contributed by atoms with Crippen molar-refractivity contribution in [3.05, 3.63) is 89.9 Å². The lowest BCUT2D eigenvalue weighted by atomic mass is 10.1. The predicted octanol–water partition coefficient (Wildman–Crippen LogP) is 3.74. The van der Waals surface area contributed by atoms with Gasteiger partial charge in [-0.05, 0) is 49.2 Å². The number of aromatic nitrogens is 3. The van der Waals surface area contributed by atoms with Crippen molar-refractivity contribution >= 4 is 21.4 Å². The second kappa shape index (κ2) is 7.09. The van der Waals surface area contributed by atoms with Crippen molar-refractivity contribution in [2.45, 2.75) is 25.3 Å². The van der Waals surface area contributed by atoms with Crippen LogP contribution in [0.3, 0.4) is 0 Å². The van der Waals surface area contributed by atoms with Crippen molar-refractivity contribution in [1.82, 2.24) is 14.6 Å². The SMILES string of the molecule is Cc1ccccc1CN(c1ccccc1)S(=O)(=O)c1ccc2nnc(C)n2c1. The number of nitrogens with zero attached hydrogens (tertiary/aromatic N) is 4. The van der Waals surface area contributed by atoms with Crippen LogP contribution in [0.5, 0.6) is 0 Å². The predicted molar refractivity (Wildman–Crippen MR) is 109 cm³/mol. The van der Waals surface area contributed by atoms with Gasteiger partial charge in [-0.15, -0.1) is 10.2 Å². The first kappa shape index (κ1) is 18.2. The fourth-order valence-corrected chi connectivity index (χ4v) is 4.56.